The second-order valence-electron chi connectivity index (χ2n) is 11.6. The maximum absolute atomic E-state index is 12.8. The van der Waals surface area contributed by atoms with Gasteiger partial charge in [0.2, 0.25) is 0 Å². The van der Waals surface area contributed by atoms with Gasteiger partial charge in [0, 0.05) is 11.8 Å². The Morgan fingerprint density at radius 3 is 2.52 bits per heavy atom. The molecule has 0 amide bonds. The number of halogens is 1. The molecule has 4 rings (SSSR count). The van der Waals surface area contributed by atoms with E-state index in [-0.39, 0.29) is 16.1 Å². The first-order valence-corrected chi connectivity index (χ1v) is 14.9. The summed E-state index contributed by atoms with van der Waals surface area (Å²) >= 11 is 3.60. The molecule has 1 unspecified atom stereocenters. The predicted octanol–water partition coefficient (Wildman–Crippen LogP) is 5.86. The Balaban J connectivity index is 1.64. The summed E-state index contributed by atoms with van der Waals surface area (Å²) in [6.07, 6.45) is 7.68. The van der Waals surface area contributed by atoms with Crippen molar-refractivity contribution in [2.45, 2.75) is 108 Å². The van der Waals surface area contributed by atoms with Crippen molar-refractivity contribution in [3.63, 3.8) is 0 Å². The van der Waals surface area contributed by atoms with Gasteiger partial charge >= 0.3 is 0 Å². The molecule has 2 heterocycles. The van der Waals surface area contributed by atoms with Crippen molar-refractivity contribution >= 4 is 30.0 Å². The fourth-order valence-corrected chi connectivity index (χ4v) is 8.68. The molecule has 1 spiro atoms. The second-order valence-corrected chi connectivity index (χ2v) is 16.9. The molecule has 4 fully saturated rings. The molecule has 2 bridgehead atoms. The minimum atomic E-state index is -1.80. The van der Waals surface area contributed by atoms with Gasteiger partial charge < -0.3 is 9.16 Å². The molecule has 0 aromatic carbocycles. The van der Waals surface area contributed by atoms with Gasteiger partial charge in [0.15, 0.2) is 14.1 Å². The normalized spacial score (nSPS) is 47.1. The standard InChI is InChI=1S/C22H37BrO3Si/c1-19(2,3)27(5,6)25-18-8-7-16-20(18,4)10-9-15-13-17(24)21(14-23)11-12-22(15,16)26-21/h15-16,18H,7-14H2,1-6H3/t15?,16-,18+,20+,21-,22-/m1/s1. The average Bonchev–Trinajstić information content (AvgIpc) is 3.08. The molecule has 2 aliphatic carbocycles. The third kappa shape index (κ3) is 2.74. The number of carbonyl (C=O) groups excluding carboxylic acids is 1. The summed E-state index contributed by atoms with van der Waals surface area (Å²) in [5.74, 6) is 1.30. The third-order valence-corrected chi connectivity index (χ3v) is 14.7. The first kappa shape index (κ1) is 20.6. The van der Waals surface area contributed by atoms with E-state index in [1.165, 1.54) is 12.8 Å². The van der Waals surface area contributed by atoms with Crippen LogP contribution in [0.3, 0.4) is 0 Å². The number of fused-ring (bicyclic) bond motifs is 2. The Morgan fingerprint density at radius 1 is 1.19 bits per heavy atom. The van der Waals surface area contributed by atoms with Gasteiger partial charge in [-0.15, -0.1) is 0 Å². The third-order valence-electron chi connectivity index (χ3n) is 9.27. The van der Waals surface area contributed by atoms with Crippen LogP contribution in [0.25, 0.3) is 0 Å². The zero-order valence-corrected chi connectivity index (χ0v) is 20.6. The van der Waals surface area contributed by atoms with Crippen molar-refractivity contribution in [1.82, 2.24) is 0 Å². The predicted molar refractivity (Wildman–Crippen MR) is 115 cm³/mol. The summed E-state index contributed by atoms with van der Waals surface area (Å²) in [6, 6.07) is 0. The van der Waals surface area contributed by atoms with Gasteiger partial charge in [-0.1, -0.05) is 43.6 Å². The Kier molecular flexibility index (Phi) is 4.68. The molecule has 154 valence electrons. The Morgan fingerprint density at radius 2 is 1.89 bits per heavy atom. The zero-order valence-electron chi connectivity index (χ0n) is 18.0. The number of alkyl halides is 1. The maximum atomic E-state index is 12.8. The van der Waals surface area contributed by atoms with Crippen LogP contribution in [-0.2, 0) is 14.0 Å². The largest absolute Gasteiger partial charge is 0.413 e. The quantitative estimate of drug-likeness (QED) is 0.393. The summed E-state index contributed by atoms with van der Waals surface area (Å²) < 4.78 is 13.8. The lowest BCUT2D eigenvalue weighted by Gasteiger charge is -2.57. The van der Waals surface area contributed by atoms with Gasteiger partial charge in [0.05, 0.1) is 11.7 Å². The highest BCUT2D eigenvalue weighted by atomic mass is 79.9. The summed E-state index contributed by atoms with van der Waals surface area (Å²) in [7, 11) is -1.80. The van der Waals surface area contributed by atoms with Crippen LogP contribution in [0.4, 0.5) is 0 Å². The van der Waals surface area contributed by atoms with E-state index in [9.17, 15) is 4.79 Å². The van der Waals surface area contributed by atoms with Crippen LogP contribution in [0.5, 0.6) is 0 Å². The van der Waals surface area contributed by atoms with Crippen LogP contribution in [0.1, 0.15) is 72.6 Å². The van der Waals surface area contributed by atoms with Gasteiger partial charge in [0.1, 0.15) is 5.60 Å². The molecule has 2 saturated heterocycles. The highest BCUT2D eigenvalue weighted by molar-refractivity contribution is 9.09. The van der Waals surface area contributed by atoms with Crippen LogP contribution < -0.4 is 0 Å². The molecule has 0 radical (unpaired) electrons. The molecule has 0 aromatic heterocycles. The number of hydrogen-bond donors (Lipinski definition) is 0. The van der Waals surface area contributed by atoms with Crippen LogP contribution in [0.15, 0.2) is 0 Å². The Bertz CT molecular complexity index is 644. The Labute approximate surface area is 174 Å². The van der Waals surface area contributed by atoms with E-state index in [2.05, 4.69) is 56.7 Å². The molecule has 6 atom stereocenters. The van der Waals surface area contributed by atoms with Gasteiger partial charge in [-0.3, -0.25) is 4.79 Å². The van der Waals surface area contributed by atoms with E-state index in [4.69, 9.17) is 9.16 Å². The van der Waals surface area contributed by atoms with E-state index in [1.807, 2.05) is 0 Å². The molecule has 5 heteroatoms. The van der Waals surface area contributed by atoms with Crippen LogP contribution in [-0.4, -0.2) is 36.7 Å². The monoisotopic (exact) mass is 456 g/mol. The van der Waals surface area contributed by atoms with Crippen LogP contribution in [0.2, 0.25) is 18.1 Å². The minimum Gasteiger partial charge on any atom is -0.413 e. The molecule has 3 nitrogen and oxygen atoms in total. The van der Waals surface area contributed by atoms with Gasteiger partial charge in [0.25, 0.3) is 0 Å². The van der Waals surface area contributed by atoms with Gasteiger partial charge in [-0.05, 0) is 73.9 Å². The van der Waals surface area contributed by atoms with Crippen molar-refractivity contribution in [3.8, 4) is 0 Å². The van der Waals surface area contributed by atoms with Crippen molar-refractivity contribution in [1.29, 1.82) is 0 Å². The molecule has 2 saturated carbocycles. The van der Waals surface area contributed by atoms with E-state index in [0.29, 0.717) is 29.1 Å². The SMILES string of the molecule is CC(C)(C)[Si](C)(C)O[C@H]1CC[C@@H]2[C@]1(C)CCC1CC(=O)[C@]3(CBr)CC[C@@]12O3. The van der Waals surface area contributed by atoms with E-state index < -0.39 is 13.9 Å². The molecular weight excluding hydrogens is 420 g/mol. The molecule has 0 N–H and O–H groups in total. The first-order chi connectivity index (χ1) is 12.4. The number of rotatable bonds is 3. The fourth-order valence-electron chi connectivity index (χ4n) is 6.53. The van der Waals surface area contributed by atoms with Gasteiger partial charge in [-0.2, -0.15) is 0 Å². The molecular formula is C22H37BrO3Si. The van der Waals surface area contributed by atoms with Crippen molar-refractivity contribution < 1.29 is 14.0 Å². The number of carbonyl (C=O) groups is 1. The summed E-state index contributed by atoms with van der Waals surface area (Å²) in [5.41, 5.74) is -0.442. The minimum absolute atomic E-state index is 0.0831. The van der Waals surface area contributed by atoms with Crippen LogP contribution in [0, 0.1) is 17.3 Å². The summed E-state index contributed by atoms with van der Waals surface area (Å²) in [4.78, 5) is 12.8. The average molecular weight is 458 g/mol. The van der Waals surface area contributed by atoms with Crippen molar-refractivity contribution in [2.24, 2.45) is 17.3 Å². The number of hydrogen-bond acceptors (Lipinski definition) is 3. The molecule has 4 aliphatic rings. The van der Waals surface area contributed by atoms with Gasteiger partial charge in [-0.25, -0.2) is 0 Å². The first-order valence-electron chi connectivity index (χ1n) is 10.9. The number of ketones is 1. The molecule has 0 aromatic rings. The lowest BCUT2D eigenvalue weighted by Crippen LogP contribution is -2.62. The number of Topliss-reactive ketones (excluding diaryl/α,β-unsaturated/α-hetero) is 1. The lowest BCUT2D eigenvalue weighted by atomic mass is 9.56. The van der Waals surface area contributed by atoms with Crippen molar-refractivity contribution in [3.05, 3.63) is 0 Å². The smallest absolute Gasteiger partial charge is 0.192 e. The van der Waals surface area contributed by atoms with E-state index in [1.54, 1.807) is 0 Å². The second kappa shape index (κ2) is 6.15. The van der Waals surface area contributed by atoms with E-state index >= 15 is 0 Å². The number of ether oxygens (including phenoxy) is 1. The zero-order chi connectivity index (χ0) is 19.9. The topological polar surface area (TPSA) is 35.5 Å². The van der Waals surface area contributed by atoms with Crippen molar-refractivity contribution in [2.75, 3.05) is 5.33 Å². The highest BCUT2D eigenvalue weighted by Crippen LogP contribution is 2.67. The lowest BCUT2D eigenvalue weighted by molar-refractivity contribution is -0.220. The highest BCUT2D eigenvalue weighted by Gasteiger charge is 2.70. The molecule has 2 aliphatic heterocycles. The fraction of sp³-hybridized carbons (Fsp3) is 0.955. The Hall–Kier alpha value is 0.287. The molecule has 27 heavy (non-hydrogen) atoms. The van der Waals surface area contributed by atoms with E-state index in [0.717, 1.165) is 32.1 Å². The summed E-state index contributed by atoms with van der Waals surface area (Å²) in [5, 5.41) is 0.893. The summed E-state index contributed by atoms with van der Waals surface area (Å²) in [6.45, 7) is 14.2. The van der Waals surface area contributed by atoms with Crippen LogP contribution >= 0.6 is 15.9 Å². The maximum Gasteiger partial charge on any atom is 0.192 e.